The summed E-state index contributed by atoms with van der Waals surface area (Å²) in [7, 11) is -2.21. The summed E-state index contributed by atoms with van der Waals surface area (Å²) >= 11 is 3.20. The summed E-state index contributed by atoms with van der Waals surface area (Å²) in [4.78, 5) is 0.185. The highest BCUT2D eigenvalue weighted by Gasteiger charge is 2.22. The minimum atomic E-state index is -3.59. The fourth-order valence-corrected chi connectivity index (χ4v) is 3.23. The van der Waals surface area contributed by atoms with E-state index in [4.69, 9.17) is 5.26 Å². The minimum absolute atomic E-state index is 0.164. The lowest BCUT2D eigenvalue weighted by atomic mass is 10.2. The van der Waals surface area contributed by atoms with E-state index in [2.05, 4.69) is 15.9 Å². The molecule has 0 aliphatic heterocycles. The molecule has 0 aliphatic rings. The van der Waals surface area contributed by atoms with Gasteiger partial charge in [-0.15, -0.1) is 0 Å². The van der Waals surface area contributed by atoms with E-state index in [0.29, 0.717) is 4.47 Å². The Morgan fingerprint density at radius 1 is 1.50 bits per heavy atom. The van der Waals surface area contributed by atoms with Crippen LogP contribution in [0.2, 0.25) is 0 Å². The van der Waals surface area contributed by atoms with E-state index in [9.17, 15) is 8.42 Å². The molecule has 1 aromatic rings. The molecule has 0 heterocycles. The van der Waals surface area contributed by atoms with Gasteiger partial charge in [-0.05, 0) is 40.5 Å². The molecular formula is C10H11BrN2O2S. The van der Waals surface area contributed by atoms with Gasteiger partial charge in [0.15, 0.2) is 0 Å². The predicted octanol–water partition coefficient (Wildman–Crippen LogP) is 1.90. The zero-order valence-electron chi connectivity index (χ0n) is 8.94. The summed E-state index contributed by atoms with van der Waals surface area (Å²) < 4.78 is 25.6. The number of nitriles is 1. The molecule has 1 aromatic carbocycles. The van der Waals surface area contributed by atoms with Crippen molar-refractivity contribution in [3.63, 3.8) is 0 Å². The van der Waals surface area contributed by atoms with Gasteiger partial charge in [0.2, 0.25) is 10.0 Å². The summed E-state index contributed by atoms with van der Waals surface area (Å²) in [6, 6.07) is 6.88. The van der Waals surface area contributed by atoms with Gasteiger partial charge in [0.1, 0.15) is 6.54 Å². The molecule has 6 heteroatoms. The highest BCUT2D eigenvalue weighted by Crippen LogP contribution is 2.25. The van der Waals surface area contributed by atoms with Crippen LogP contribution in [0.4, 0.5) is 0 Å². The number of nitrogens with zero attached hydrogens (tertiary/aromatic N) is 2. The number of aryl methyl sites for hydroxylation is 1. The molecule has 0 saturated heterocycles. The second-order valence-corrected chi connectivity index (χ2v) is 6.22. The molecule has 0 amide bonds. The topological polar surface area (TPSA) is 61.2 Å². The van der Waals surface area contributed by atoms with Crippen molar-refractivity contribution >= 4 is 26.0 Å². The highest BCUT2D eigenvalue weighted by molar-refractivity contribution is 9.10. The molecule has 4 nitrogen and oxygen atoms in total. The maximum atomic E-state index is 12.0. The largest absolute Gasteiger partial charge is 0.244 e. The molecule has 16 heavy (non-hydrogen) atoms. The lowest BCUT2D eigenvalue weighted by Gasteiger charge is -2.15. The van der Waals surface area contributed by atoms with E-state index in [-0.39, 0.29) is 11.4 Å². The van der Waals surface area contributed by atoms with Gasteiger partial charge < -0.3 is 0 Å². The van der Waals surface area contributed by atoms with Crippen molar-refractivity contribution in [2.45, 2.75) is 11.8 Å². The summed E-state index contributed by atoms with van der Waals surface area (Å²) in [5.74, 6) is 0. The van der Waals surface area contributed by atoms with Crippen LogP contribution in [0.1, 0.15) is 5.56 Å². The van der Waals surface area contributed by atoms with Crippen LogP contribution in [0.25, 0.3) is 0 Å². The third-order valence-corrected chi connectivity index (χ3v) is 4.87. The first-order valence-electron chi connectivity index (χ1n) is 4.49. The second kappa shape index (κ2) is 4.95. The lowest BCUT2D eigenvalue weighted by Crippen LogP contribution is -2.27. The summed E-state index contributed by atoms with van der Waals surface area (Å²) in [5.41, 5.74) is 0.854. The van der Waals surface area contributed by atoms with Crippen molar-refractivity contribution in [1.29, 1.82) is 5.26 Å². The van der Waals surface area contributed by atoms with E-state index in [1.807, 2.05) is 19.1 Å². The van der Waals surface area contributed by atoms with Crippen LogP contribution in [-0.4, -0.2) is 26.3 Å². The maximum absolute atomic E-state index is 12.0. The van der Waals surface area contributed by atoms with Gasteiger partial charge in [-0.25, -0.2) is 8.42 Å². The van der Waals surface area contributed by atoms with E-state index < -0.39 is 10.0 Å². The number of hydrogen-bond donors (Lipinski definition) is 0. The van der Waals surface area contributed by atoms with Crippen LogP contribution in [0.5, 0.6) is 0 Å². The van der Waals surface area contributed by atoms with Crippen LogP contribution in [0, 0.1) is 18.3 Å². The Kier molecular flexibility index (Phi) is 4.08. The van der Waals surface area contributed by atoms with Crippen molar-refractivity contribution < 1.29 is 8.42 Å². The third kappa shape index (κ3) is 2.61. The first kappa shape index (κ1) is 13.2. The first-order valence-corrected chi connectivity index (χ1v) is 6.72. The van der Waals surface area contributed by atoms with Gasteiger partial charge in [-0.3, -0.25) is 0 Å². The Hall–Kier alpha value is -0.900. The maximum Gasteiger partial charge on any atom is 0.244 e. The molecule has 0 atom stereocenters. The van der Waals surface area contributed by atoms with E-state index >= 15 is 0 Å². The van der Waals surface area contributed by atoms with Gasteiger partial charge in [0, 0.05) is 11.5 Å². The van der Waals surface area contributed by atoms with Gasteiger partial charge in [0.25, 0.3) is 0 Å². The van der Waals surface area contributed by atoms with E-state index in [0.717, 1.165) is 9.87 Å². The van der Waals surface area contributed by atoms with Crippen molar-refractivity contribution in [3.05, 3.63) is 28.2 Å². The van der Waals surface area contributed by atoms with E-state index in [1.165, 1.54) is 7.05 Å². The van der Waals surface area contributed by atoms with Gasteiger partial charge >= 0.3 is 0 Å². The Labute approximate surface area is 104 Å². The second-order valence-electron chi connectivity index (χ2n) is 3.35. The molecule has 0 N–H and O–H groups in total. The molecule has 0 aliphatic carbocycles. The zero-order chi connectivity index (χ0) is 12.3. The van der Waals surface area contributed by atoms with Crippen molar-refractivity contribution in [2.24, 2.45) is 0 Å². The number of hydrogen-bond acceptors (Lipinski definition) is 3. The Bertz CT molecular complexity index is 534. The average Bonchev–Trinajstić information content (AvgIpc) is 2.22. The monoisotopic (exact) mass is 302 g/mol. The summed E-state index contributed by atoms with van der Waals surface area (Å²) in [6.07, 6.45) is 0. The van der Waals surface area contributed by atoms with Crippen LogP contribution in [0.3, 0.4) is 0 Å². The van der Waals surface area contributed by atoms with Crippen LogP contribution < -0.4 is 0 Å². The van der Waals surface area contributed by atoms with Gasteiger partial charge in [0.05, 0.1) is 11.0 Å². The third-order valence-electron chi connectivity index (χ3n) is 2.07. The van der Waals surface area contributed by atoms with Crippen molar-refractivity contribution in [1.82, 2.24) is 4.31 Å². The molecule has 1 rings (SSSR count). The molecule has 0 aromatic heterocycles. The normalized spacial score (nSPS) is 11.4. The van der Waals surface area contributed by atoms with Crippen LogP contribution in [-0.2, 0) is 10.0 Å². The SMILES string of the molecule is Cc1ccc(Br)c(S(=O)(=O)N(C)CC#N)c1. The predicted molar refractivity (Wildman–Crippen MR) is 64.3 cm³/mol. The number of benzene rings is 1. The Balaban J connectivity index is 3.28. The number of halogens is 1. The molecule has 0 spiro atoms. The molecule has 0 fully saturated rings. The van der Waals surface area contributed by atoms with Crippen LogP contribution >= 0.6 is 15.9 Å². The molecule has 0 radical (unpaired) electrons. The standard InChI is InChI=1S/C10H11BrN2O2S/c1-8-3-4-9(11)10(7-8)16(14,15)13(2)6-5-12/h3-4,7H,6H2,1-2H3. The van der Waals surface area contributed by atoms with E-state index in [1.54, 1.807) is 12.1 Å². The summed E-state index contributed by atoms with van der Waals surface area (Å²) in [6.45, 7) is 1.65. The lowest BCUT2D eigenvalue weighted by molar-refractivity contribution is 0.501. The van der Waals surface area contributed by atoms with Gasteiger partial charge in [-0.1, -0.05) is 6.07 Å². The molecular weight excluding hydrogens is 292 g/mol. The molecule has 0 bridgehead atoms. The average molecular weight is 303 g/mol. The quantitative estimate of drug-likeness (QED) is 0.801. The minimum Gasteiger partial charge on any atom is -0.207 e. The Morgan fingerprint density at radius 2 is 2.12 bits per heavy atom. The smallest absolute Gasteiger partial charge is 0.207 e. The van der Waals surface area contributed by atoms with Crippen molar-refractivity contribution in [3.8, 4) is 6.07 Å². The van der Waals surface area contributed by atoms with Crippen LogP contribution in [0.15, 0.2) is 27.6 Å². The fraction of sp³-hybridized carbons (Fsp3) is 0.300. The molecule has 0 saturated carbocycles. The highest BCUT2D eigenvalue weighted by atomic mass is 79.9. The first-order chi connectivity index (χ1) is 7.39. The zero-order valence-corrected chi connectivity index (χ0v) is 11.3. The molecule has 86 valence electrons. The summed E-state index contributed by atoms with van der Waals surface area (Å²) in [5, 5.41) is 8.50. The van der Waals surface area contributed by atoms with Gasteiger partial charge in [-0.2, -0.15) is 9.57 Å². The fourth-order valence-electron chi connectivity index (χ4n) is 1.16. The Morgan fingerprint density at radius 3 is 2.69 bits per heavy atom. The number of rotatable bonds is 3. The number of sulfonamides is 1. The van der Waals surface area contributed by atoms with Crippen molar-refractivity contribution in [2.75, 3.05) is 13.6 Å². The molecule has 0 unspecified atom stereocenters.